The third kappa shape index (κ3) is 2.79. The second-order valence-electron chi connectivity index (χ2n) is 4.42. The van der Waals surface area contributed by atoms with Gasteiger partial charge in [-0.3, -0.25) is 4.90 Å². The third-order valence-electron chi connectivity index (χ3n) is 3.25. The molecule has 0 spiro atoms. The fourth-order valence-electron chi connectivity index (χ4n) is 2.25. The minimum absolute atomic E-state index is 0.698. The molecule has 0 unspecified atom stereocenters. The molecule has 0 bridgehead atoms. The summed E-state index contributed by atoms with van der Waals surface area (Å²) in [6.45, 7) is 5.77. The standard InChI is InChI=1S/C11H20N2O/c14-10-2-6-12-5-1-7-13(9-8-12)11-3-4-11/h10-11H,1-9H2. The van der Waals surface area contributed by atoms with E-state index in [0.717, 1.165) is 25.4 Å². The number of aldehydes is 1. The van der Waals surface area contributed by atoms with E-state index < -0.39 is 0 Å². The summed E-state index contributed by atoms with van der Waals surface area (Å²) in [5.41, 5.74) is 0. The molecule has 2 aliphatic rings. The number of rotatable bonds is 4. The van der Waals surface area contributed by atoms with E-state index in [0.29, 0.717) is 6.42 Å². The molecule has 1 aliphatic carbocycles. The van der Waals surface area contributed by atoms with Crippen molar-refractivity contribution in [2.24, 2.45) is 0 Å². The third-order valence-corrected chi connectivity index (χ3v) is 3.25. The van der Waals surface area contributed by atoms with Crippen molar-refractivity contribution in [3.05, 3.63) is 0 Å². The van der Waals surface area contributed by atoms with Crippen molar-refractivity contribution < 1.29 is 4.79 Å². The summed E-state index contributed by atoms with van der Waals surface area (Å²) in [5.74, 6) is 0. The van der Waals surface area contributed by atoms with Crippen LogP contribution in [0.15, 0.2) is 0 Å². The van der Waals surface area contributed by atoms with E-state index in [-0.39, 0.29) is 0 Å². The second-order valence-corrected chi connectivity index (χ2v) is 4.42. The van der Waals surface area contributed by atoms with Gasteiger partial charge in [0.15, 0.2) is 0 Å². The molecular formula is C11H20N2O. The molecule has 0 aromatic heterocycles. The Morgan fingerprint density at radius 1 is 1.14 bits per heavy atom. The maximum atomic E-state index is 10.3. The molecule has 0 N–H and O–H groups in total. The van der Waals surface area contributed by atoms with Crippen LogP contribution in [0.3, 0.4) is 0 Å². The lowest BCUT2D eigenvalue weighted by molar-refractivity contribution is -0.108. The molecule has 2 rings (SSSR count). The Hall–Kier alpha value is -0.410. The Balaban J connectivity index is 1.72. The zero-order valence-electron chi connectivity index (χ0n) is 8.82. The lowest BCUT2D eigenvalue weighted by Gasteiger charge is -2.20. The highest BCUT2D eigenvalue weighted by atomic mass is 16.1. The first kappa shape index (κ1) is 10.1. The van der Waals surface area contributed by atoms with Crippen LogP contribution in [0.25, 0.3) is 0 Å². The van der Waals surface area contributed by atoms with E-state index in [1.807, 2.05) is 0 Å². The van der Waals surface area contributed by atoms with E-state index in [1.54, 1.807) is 0 Å². The van der Waals surface area contributed by atoms with Gasteiger partial charge in [0.2, 0.25) is 0 Å². The highest BCUT2D eigenvalue weighted by molar-refractivity contribution is 5.49. The molecular weight excluding hydrogens is 176 g/mol. The normalized spacial score (nSPS) is 26.0. The first-order valence-electron chi connectivity index (χ1n) is 5.80. The minimum atomic E-state index is 0.698. The lowest BCUT2D eigenvalue weighted by atomic mass is 10.3. The fraction of sp³-hybridized carbons (Fsp3) is 0.909. The van der Waals surface area contributed by atoms with E-state index in [4.69, 9.17) is 0 Å². The average molecular weight is 196 g/mol. The molecule has 3 heteroatoms. The molecule has 0 aromatic carbocycles. The molecule has 0 radical (unpaired) electrons. The second kappa shape index (κ2) is 4.89. The summed E-state index contributed by atoms with van der Waals surface area (Å²) in [7, 11) is 0. The van der Waals surface area contributed by atoms with Crippen LogP contribution in [-0.2, 0) is 4.79 Å². The van der Waals surface area contributed by atoms with Crippen LogP contribution >= 0.6 is 0 Å². The summed E-state index contributed by atoms with van der Waals surface area (Å²) in [5, 5.41) is 0. The molecule has 3 nitrogen and oxygen atoms in total. The summed E-state index contributed by atoms with van der Waals surface area (Å²) in [6, 6.07) is 0.904. The van der Waals surface area contributed by atoms with Gasteiger partial charge in [-0.25, -0.2) is 0 Å². The van der Waals surface area contributed by atoms with Crippen LogP contribution in [-0.4, -0.2) is 54.9 Å². The Bertz CT molecular complexity index is 192. The van der Waals surface area contributed by atoms with Crippen LogP contribution in [0.5, 0.6) is 0 Å². The van der Waals surface area contributed by atoms with E-state index in [9.17, 15) is 4.79 Å². The van der Waals surface area contributed by atoms with Gasteiger partial charge in [0.25, 0.3) is 0 Å². The van der Waals surface area contributed by atoms with Crippen molar-refractivity contribution in [3.63, 3.8) is 0 Å². The smallest absolute Gasteiger partial charge is 0.121 e. The van der Waals surface area contributed by atoms with Gasteiger partial charge in [-0.05, 0) is 32.4 Å². The Morgan fingerprint density at radius 3 is 2.71 bits per heavy atom. The molecule has 1 saturated heterocycles. The van der Waals surface area contributed by atoms with Gasteiger partial charge in [0.1, 0.15) is 6.29 Å². The SMILES string of the molecule is O=CCCN1CCCN(C2CC2)CC1. The number of hydrogen-bond acceptors (Lipinski definition) is 3. The average Bonchev–Trinajstić information content (AvgIpc) is 3.01. The van der Waals surface area contributed by atoms with Crippen LogP contribution in [0, 0.1) is 0 Å². The predicted molar refractivity (Wildman–Crippen MR) is 56.3 cm³/mol. The topological polar surface area (TPSA) is 23.6 Å². The van der Waals surface area contributed by atoms with Gasteiger partial charge in [-0.1, -0.05) is 0 Å². The van der Waals surface area contributed by atoms with Gasteiger partial charge < -0.3 is 9.69 Å². The summed E-state index contributed by atoms with van der Waals surface area (Å²) >= 11 is 0. The first-order chi connectivity index (χ1) is 6.90. The Morgan fingerprint density at radius 2 is 2.00 bits per heavy atom. The van der Waals surface area contributed by atoms with Crippen molar-refractivity contribution in [1.29, 1.82) is 0 Å². The Labute approximate surface area is 86.1 Å². The van der Waals surface area contributed by atoms with Crippen LogP contribution < -0.4 is 0 Å². The predicted octanol–water partition coefficient (Wildman–Crippen LogP) is 0.745. The molecule has 2 fully saturated rings. The van der Waals surface area contributed by atoms with Crippen LogP contribution in [0.4, 0.5) is 0 Å². The molecule has 1 heterocycles. The molecule has 80 valence electrons. The highest BCUT2D eigenvalue weighted by Gasteiger charge is 2.29. The number of carbonyl (C=O) groups excluding carboxylic acids is 1. The van der Waals surface area contributed by atoms with Gasteiger partial charge in [-0.2, -0.15) is 0 Å². The molecule has 0 aromatic rings. The van der Waals surface area contributed by atoms with Gasteiger partial charge in [0.05, 0.1) is 0 Å². The summed E-state index contributed by atoms with van der Waals surface area (Å²) < 4.78 is 0. The van der Waals surface area contributed by atoms with Crippen molar-refractivity contribution >= 4 is 6.29 Å². The van der Waals surface area contributed by atoms with Crippen molar-refractivity contribution in [2.75, 3.05) is 32.7 Å². The number of carbonyl (C=O) groups is 1. The molecule has 1 saturated carbocycles. The van der Waals surface area contributed by atoms with Crippen molar-refractivity contribution in [1.82, 2.24) is 9.80 Å². The quantitative estimate of drug-likeness (QED) is 0.620. The monoisotopic (exact) mass is 196 g/mol. The van der Waals surface area contributed by atoms with E-state index >= 15 is 0 Å². The van der Waals surface area contributed by atoms with E-state index in [1.165, 1.54) is 38.9 Å². The van der Waals surface area contributed by atoms with Crippen LogP contribution in [0.1, 0.15) is 25.7 Å². The largest absolute Gasteiger partial charge is 0.303 e. The molecule has 1 aliphatic heterocycles. The van der Waals surface area contributed by atoms with Gasteiger partial charge in [0, 0.05) is 32.1 Å². The number of hydrogen-bond donors (Lipinski definition) is 0. The zero-order valence-corrected chi connectivity index (χ0v) is 8.82. The minimum Gasteiger partial charge on any atom is -0.303 e. The van der Waals surface area contributed by atoms with Gasteiger partial charge >= 0.3 is 0 Å². The molecule has 0 atom stereocenters. The van der Waals surface area contributed by atoms with Crippen molar-refractivity contribution in [2.45, 2.75) is 31.7 Å². The van der Waals surface area contributed by atoms with Gasteiger partial charge in [-0.15, -0.1) is 0 Å². The summed E-state index contributed by atoms with van der Waals surface area (Å²) in [4.78, 5) is 15.3. The maximum Gasteiger partial charge on any atom is 0.121 e. The molecule has 0 amide bonds. The first-order valence-corrected chi connectivity index (χ1v) is 5.80. The van der Waals surface area contributed by atoms with E-state index in [2.05, 4.69) is 9.80 Å². The van der Waals surface area contributed by atoms with Crippen molar-refractivity contribution in [3.8, 4) is 0 Å². The highest BCUT2D eigenvalue weighted by Crippen LogP contribution is 2.27. The molecule has 14 heavy (non-hydrogen) atoms. The number of nitrogens with zero attached hydrogens (tertiary/aromatic N) is 2. The summed E-state index contributed by atoms with van der Waals surface area (Å²) in [6.07, 6.45) is 5.82. The maximum absolute atomic E-state index is 10.3. The zero-order chi connectivity index (χ0) is 9.80. The fourth-order valence-corrected chi connectivity index (χ4v) is 2.25. The lowest BCUT2D eigenvalue weighted by Crippen LogP contribution is -2.32. The van der Waals surface area contributed by atoms with Crippen LogP contribution in [0.2, 0.25) is 0 Å². The Kier molecular flexibility index (Phi) is 3.54.